The van der Waals surface area contributed by atoms with Crippen molar-refractivity contribution in [2.45, 2.75) is 32.0 Å². The smallest absolute Gasteiger partial charge is 0.258 e. The molecule has 2 atom stereocenters. The van der Waals surface area contributed by atoms with Crippen LogP contribution in [0.1, 0.15) is 19.2 Å². The van der Waals surface area contributed by atoms with Crippen molar-refractivity contribution >= 4 is 10.9 Å². The van der Waals surface area contributed by atoms with Gasteiger partial charge < -0.3 is 15.0 Å². The maximum atomic E-state index is 11.9. The van der Waals surface area contributed by atoms with Gasteiger partial charge in [-0.25, -0.2) is 4.98 Å². The standard InChI is InChI=1S/C14H17N3O2/c1-9-11(6-7-19-9)15-8-13-16-12-5-3-2-4-10(12)14(18)17-13/h2-5,9,11,15H,6-8H2,1H3,(H,16,17,18). The van der Waals surface area contributed by atoms with Crippen LogP contribution in [0.5, 0.6) is 0 Å². The SMILES string of the molecule is CC1OCCC1NCc1nc2ccccc2c(=O)[nH]1. The number of H-pyrrole nitrogens is 1. The molecular formula is C14H17N3O2. The Morgan fingerprint density at radius 3 is 3.11 bits per heavy atom. The molecule has 1 aliphatic heterocycles. The molecule has 100 valence electrons. The molecule has 5 heteroatoms. The van der Waals surface area contributed by atoms with Gasteiger partial charge in [0.15, 0.2) is 0 Å². The number of ether oxygens (including phenoxy) is 1. The summed E-state index contributed by atoms with van der Waals surface area (Å²) < 4.78 is 5.49. The normalized spacial score (nSPS) is 23.0. The molecule has 0 bridgehead atoms. The quantitative estimate of drug-likeness (QED) is 0.869. The lowest BCUT2D eigenvalue weighted by atomic mass is 10.1. The molecule has 0 aliphatic carbocycles. The lowest BCUT2D eigenvalue weighted by Gasteiger charge is -2.15. The Balaban J connectivity index is 1.80. The molecule has 1 fully saturated rings. The zero-order valence-electron chi connectivity index (χ0n) is 10.8. The van der Waals surface area contributed by atoms with Crippen molar-refractivity contribution in [2.75, 3.05) is 6.61 Å². The lowest BCUT2D eigenvalue weighted by molar-refractivity contribution is 0.113. The summed E-state index contributed by atoms with van der Waals surface area (Å²) in [4.78, 5) is 19.2. The second kappa shape index (κ2) is 5.11. The zero-order valence-corrected chi connectivity index (χ0v) is 10.8. The van der Waals surface area contributed by atoms with Gasteiger partial charge in [-0.2, -0.15) is 0 Å². The van der Waals surface area contributed by atoms with E-state index in [2.05, 4.69) is 22.2 Å². The van der Waals surface area contributed by atoms with Gasteiger partial charge in [-0.05, 0) is 25.5 Å². The molecule has 0 saturated carbocycles. The molecule has 2 unspecified atom stereocenters. The molecule has 1 aromatic heterocycles. The fourth-order valence-electron chi connectivity index (χ4n) is 2.45. The van der Waals surface area contributed by atoms with Crippen LogP contribution in [0.2, 0.25) is 0 Å². The van der Waals surface area contributed by atoms with Crippen LogP contribution in [0.25, 0.3) is 10.9 Å². The Bertz CT molecular complexity index is 638. The molecule has 5 nitrogen and oxygen atoms in total. The van der Waals surface area contributed by atoms with Gasteiger partial charge in [0.25, 0.3) is 5.56 Å². The van der Waals surface area contributed by atoms with E-state index < -0.39 is 0 Å². The molecule has 1 aliphatic rings. The summed E-state index contributed by atoms with van der Waals surface area (Å²) in [5, 5.41) is 4.01. The second-order valence-corrected chi connectivity index (χ2v) is 4.88. The van der Waals surface area contributed by atoms with E-state index >= 15 is 0 Å². The molecule has 0 radical (unpaired) electrons. The first kappa shape index (κ1) is 12.3. The van der Waals surface area contributed by atoms with E-state index in [1.54, 1.807) is 6.07 Å². The summed E-state index contributed by atoms with van der Waals surface area (Å²) in [6.45, 7) is 3.40. The fraction of sp³-hybridized carbons (Fsp3) is 0.429. The Kier molecular flexibility index (Phi) is 3.31. The van der Waals surface area contributed by atoms with E-state index in [0.717, 1.165) is 18.5 Å². The van der Waals surface area contributed by atoms with Gasteiger partial charge in [0.2, 0.25) is 0 Å². The Hall–Kier alpha value is -1.72. The van der Waals surface area contributed by atoms with Crippen molar-refractivity contribution in [3.63, 3.8) is 0 Å². The highest BCUT2D eigenvalue weighted by molar-refractivity contribution is 5.77. The second-order valence-electron chi connectivity index (χ2n) is 4.88. The highest BCUT2D eigenvalue weighted by Crippen LogP contribution is 2.13. The van der Waals surface area contributed by atoms with Crippen LogP contribution in [0.15, 0.2) is 29.1 Å². The van der Waals surface area contributed by atoms with Gasteiger partial charge in [-0.15, -0.1) is 0 Å². The largest absolute Gasteiger partial charge is 0.377 e. The van der Waals surface area contributed by atoms with E-state index in [9.17, 15) is 4.79 Å². The van der Waals surface area contributed by atoms with Crippen LogP contribution in [0.3, 0.4) is 0 Å². The summed E-state index contributed by atoms with van der Waals surface area (Å²) in [5.74, 6) is 0.669. The maximum absolute atomic E-state index is 11.9. The zero-order chi connectivity index (χ0) is 13.2. The van der Waals surface area contributed by atoms with Crippen molar-refractivity contribution in [1.29, 1.82) is 0 Å². The molecule has 1 aromatic carbocycles. The van der Waals surface area contributed by atoms with Crippen LogP contribution in [-0.4, -0.2) is 28.7 Å². The highest BCUT2D eigenvalue weighted by atomic mass is 16.5. The first-order valence-electron chi connectivity index (χ1n) is 6.57. The number of nitrogens with one attached hydrogen (secondary N) is 2. The number of aromatic amines is 1. The van der Waals surface area contributed by atoms with E-state index in [1.807, 2.05) is 18.2 Å². The summed E-state index contributed by atoms with van der Waals surface area (Å²) in [7, 11) is 0. The van der Waals surface area contributed by atoms with Crippen molar-refractivity contribution in [3.05, 3.63) is 40.4 Å². The first-order valence-corrected chi connectivity index (χ1v) is 6.57. The monoisotopic (exact) mass is 259 g/mol. The van der Waals surface area contributed by atoms with E-state index in [1.165, 1.54) is 0 Å². The van der Waals surface area contributed by atoms with Crippen molar-refractivity contribution < 1.29 is 4.74 Å². The number of nitrogens with zero attached hydrogens (tertiary/aromatic N) is 1. The fourth-order valence-corrected chi connectivity index (χ4v) is 2.45. The average Bonchev–Trinajstić information content (AvgIpc) is 2.82. The van der Waals surface area contributed by atoms with Crippen molar-refractivity contribution in [3.8, 4) is 0 Å². The average molecular weight is 259 g/mol. The first-order chi connectivity index (χ1) is 9.24. The number of aromatic nitrogens is 2. The molecule has 0 amide bonds. The molecule has 3 rings (SSSR count). The Morgan fingerprint density at radius 2 is 2.32 bits per heavy atom. The van der Waals surface area contributed by atoms with E-state index in [4.69, 9.17) is 4.74 Å². The Morgan fingerprint density at radius 1 is 1.47 bits per heavy atom. The third-order valence-corrected chi connectivity index (χ3v) is 3.57. The van der Waals surface area contributed by atoms with Crippen LogP contribution >= 0.6 is 0 Å². The minimum Gasteiger partial charge on any atom is -0.377 e. The number of para-hydroxylation sites is 1. The molecular weight excluding hydrogens is 242 g/mol. The number of fused-ring (bicyclic) bond motifs is 1. The van der Waals surface area contributed by atoms with Crippen LogP contribution < -0.4 is 10.9 Å². The minimum absolute atomic E-state index is 0.0851. The number of hydrogen-bond donors (Lipinski definition) is 2. The van der Waals surface area contributed by atoms with Gasteiger partial charge in [0.05, 0.1) is 23.6 Å². The summed E-state index contributed by atoms with van der Waals surface area (Å²) in [6, 6.07) is 7.70. The van der Waals surface area contributed by atoms with Crippen LogP contribution in [0.4, 0.5) is 0 Å². The highest BCUT2D eigenvalue weighted by Gasteiger charge is 2.23. The number of rotatable bonds is 3. The maximum Gasteiger partial charge on any atom is 0.258 e. The molecule has 2 aromatic rings. The predicted octanol–water partition coefficient (Wildman–Crippen LogP) is 1.19. The minimum atomic E-state index is -0.0851. The van der Waals surface area contributed by atoms with Gasteiger partial charge in [0, 0.05) is 12.6 Å². The molecule has 19 heavy (non-hydrogen) atoms. The molecule has 2 N–H and O–H groups in total. The van der Waals surface area contributed by atoms with Crippen LogP contribution in [-0.2, 0) is 11.3 Å². The summed E-state index contributed by atoms with van der Waals surface area (Å²) in [6.07, 6.45) is 1.21. The Labute approximate surface area is 111 Å². The van der Waals surface area contributed by atoms with Gasteiger partial charge >= 0.3 is 0 Å². The van der Waals surface area contributed by atoms with Crippen molar-refractivity contribution in [2.24, 2.45) is 0 Å². The predicted molar refractivity (Wildman–Crippen MR) is 73.0 cm³/mol. The van der Waals surface area contributed by atoms with E-state index in [0.29, 0.717) is 23.8 Å². The third-order valence-electron chi connectivity index (χ3n) is 3.57. The number of hydrogen-bond acceptors (Lipinski definition) is 4. The third kappa shape index (κ3) is 2.52. The summed E-state index contributed by atoms with van der Waals surface area (Å²) >= 11 is 0. The van der Waals surface area contributed by atoms with E-state index in [-0.39, 0.29) is 11.7 Å². The van der Waals surface area contributed by atoms with Gasteiger partial charge in [-0.1, -0.05) is 12.1 Å². The van der Waals surface area contributed by atoms with Crippen molar-refractivity contribution in [1.82, 2.24) is 15.3 Å². The van der Waals surface area contributed by atoms with Gasteiger partial charge in [0.1, 0.15) is 5.82 Å². The van der Waals surface area contributed by atoms with Crippen LogP contribution in [0, 0.1) is 0 Å². The molecule has 0 spiro atoms. The topological polar surface area (TPSA) is 67.0 Å². The molecule has 2 heterocycles. The van der Waals surface area contributed by atoms with Gasteiger partial charge in [-0.3, -0.25) is 4.79 Å². The molecule has 1 saturated heterocycles. The summed E-state index contributed by atoms with van der Waals surface area (Å²) in [5.41, 5.74) is 0.650. The number of benzene rings is 1. The lowest BCUT2D eigenvalue weighted by Crippen LogP contribution is -2.35.